The summed E-state index contributed by atoms with van der Waals surface area (Å²) in [4.78, 5) is 40.4. The first-order valence-electron chi connectivity index (χ1n) is 8.78. The Kier molecular flexibility index (Phi) is 6.05. The van der Waals surface area contributed by atoms with Crippen molar-refractivity contribution in [3.63, 3.8) is 0 Å². The Balaban J connectivity index is 1.77. The largest absolute Gasteiger partial charge is 0.497 e. The molecule has 2 fully saturated rings. The number of methoxy groups -OCH3 is 2. The van der Waals surface area contributed by atoms with Crippen LogP contribution in [0.2, 0.25) is 0 Å². The van der Waals surface area contributed by atoms with Gasteiger partial charge < -0.3 is 14.4 Å². The van der Waals surface area contributed by atoms with Gasteiger partial charge in [-0.3, -0.25) is 19.3 Å². The van der Waals surface area contributed by atoms with Gasteiger partial charge in [0.05, 0.1) is 19.1 Å². The molecule has 144 valence electrons. The highest BCUT2D eigenvalue weighted by molar-refractivity contribution is 8.18. The molecule has 0 radical (unpaired) electrons. The molecule has 2 heterocycles. The molecule has 2 aliphatic heterocycles. The number of thioether (sulfide) groups is 1. The van der Waals surface area contributed by atoms with Gasteiger partial charge in [-0.2, -0.15) is 0 Å². The summed E-state index contributed by atoms with van der Waals surface area (Å²) in [6.07, 6.45) is 4.63. The lowest BCUT2D eigenvalue weighted by Gasteiger charge is -2.27. The van der Waals surface area contributed by atoms with E-state index in [0.717, 1.165) is 35.9 Å². The molecule has 1 aromatic carbocycles. The summed E-state index contributed by atoms with van der Waals surface area (Å²) in [7, 11) is 3.08. The summed E-state index contributed by atoms with van der Waals surface area (Å²) in [5.74, 6) is 0.533. The van der Waals surface area contributed by atoms with Crippen LogP contribution in [-0.4, -0.2) is 60.7 Å². The molecule has 3 rings (SSSR count). The van der Waals surface area contributed by atoms with Gasteiger partial charge in [0.25, 0.3) is 11.1 Å². The van der Waals surface area contributed by atoms with Crippen molar-refractivity contribution >= 4 is 34.9 Å². The molecule has 2 saturated heterocycles. The number of benzene rings is 1. The molecule has 0 unspecified atom stereocenters. The topological polar surface area (TPSA) is 76.2 Å². The van der Waals surface area contributed by atoms with Crippen LogP contribution in [0.4, 0.5) is 4.79 Å². The number of imide groups is 1. The maximum atomic E-state index is 12.7. The van der Waals surface area contributed by atoms with E-state index in [1.165, 1.54) is 7.11 Å². The molecule has 27 heavy (non-hydrogen) atoms. The van der Waals surface area contributed by atoms with E-state index in [9.17, 15) is 14.4 Å². The second kappa shape index (κ2) is 8.47. The van der Waals surface area contributed by atoms with Crippen LogP contribution in [0.1, 0.15) is 24.8 Å². The maximum absolute atomic E-state index is 12.7. The highest BCUT2D eigenvalue weighted by Gasteiger charge is 2.37. The number of hydrogen-bond donors (Lipinski definition) is 0. The van der Waals surface area contributed by atoms with Crippen LogP contribution < -0.4 is 9.47 Å². The quantitative estimate of drug-likeness (QED) is 0.720. The van der Waals surface area contributed by atoms with Crippen molar-refractivity contribution in [2.24, 2.45) is 0 Å². The molecule has 0 bridgehead atoms. The van der Waals surface area contributed by atoms with Crippen molar-refractivity contribution < 1.29 is 23.9 Å². The van der Waals surface area contributed by atoms with Crippen molar-refractivity contribution in [1.82, 2.24) is 9.80 Å². The zero-order valence-electron chi connectivity index (χ0n) is 15.4. The van der Waals surface area contributed by atoms with Gasteiger partial charge in [0.2, 0.25) is 5.91 Å². The minimum Gasteiger partial charge on any atom is -0.497 e. The Morgan fingerprint density at radius 2 is 1.89 bits per heavy atom. The molecule has 0 N–H and O–H groups in total. The zero-order valence-corrected chi connectivity index (χ0v) is 16.2. The number of rotatable bonds is 5. The number of likely N-dealkylation sites (tertiary alicyclic amines) is 1. The van der Waals surface area contributed by atoms with E-state index in [4.69, 9.17) is 9.47 Å². The van der Waals surface area contributed by atoms with Crippen molar-refractivity contribution in [3.8, 4) is 11.5 Å². The molecule has 7 nitrogen and oxygen atoms in total. The third-order valence-corrected chi connectivity index (χ3v) is 5.51. The third kappa shape index (κ3) is 4.27. The van der Waals surface area contributed by atoms with Crippen LogP contribution in [0, 0.1) is 0 Å². The summed E-state index contributed by atoms with van der Waals surface area (Å²) in [5.41, 5.74) is 0.629. The Labute approximate surface area is 162 Å². The Bertz CT molecular complexity index is 786. The Hall–Kier alpha value is -2.48. The fraction of sp³-hybridized carbons (Fsp3) is 0.421. The predicted octanol–water partition coefficient (Wildman–Crippen LogP) is 2.75. The number of amides is 3. The van der Waals surface area contributed by atoms with E-state index in [0.29, 0.717) is 30.2 Å². The van der Waals surface area contributed by atoms with Crippen LogP contribution in [0.5, 0.6) is 11.5 Å². The number of ether oxygens (including phenoxy) is 2. The molecule has 0 aliphatic carbocycles. The van der Waals surface area contributed by atoms with Gasteiger partial charge in [0.1, 0.15) is 18.0 Å². The Morgan fingerprint density at radius 3 is 2.56 bits per heavy atom. The Morgan fingerprint density at radius 1 is 1.15 bits per heavy atom. The van der Waals surface area contributed by atoms with E-state index in [2.05, 4.69) is 0 Å². The molecule has 3 amide bonds. The molecule has 0 spiro atoms. The zero-order chi connectivity index (χ0) is 19.4. The molecular formula is C19H22N2O5S. The van der Waals surface area contributed by atoms with Crippen LogP contribution in [-0.2, 0) is 9.59 Å². The monoisotopic (exact) mass is 390 g/mol. The van der Waals surface area contributed by atoms with Crippen molar-refractivity contribution in [2.75, 3.05) is 33.9 Å². The average molecular weight is 390 g/mol. The second-order valence-electron chi connectivity index (χ2n) is 6.32. The summed E-state index contributed by atoms with van der Waals surface area (Å²) in [6, 6.07) is 5.21. The molecular weight excluding hydrogens is 368 g/mol. The van der Waals surface area contributed by atoms with E-state index >= 15 is 0 Å². The first kappa shape index (κ1) is 19.3. The summed E-state index contributed by atoms with van der Waals surface area (Å²) in [5, 5.41) is -0.432. The smallest absolute Gasteiger partial charge is 0.294 e. The van der Waals surface area contributed by atoms with Gasteiger partial charge in [-0.1, -0.05) is 0 Å². The molecule has 0 atom stereocenters. The van der Waals surface area contributed by atoms with E-state index in [1.54, 1.807) is 36.3 Å². The van der Waals surface area contributed by atoms with E-state index in [-0.39, 0.29) is 17.4 Å². The van der Waals surface area contributed by atoms with Crippen LogP contribution in [0.3, 0.4) is 0 Å². The number of carbonyl (C=O) groups is 3. The number of nitrogens with zero attached hydrogens (tertiary/aromatic N) is 2. The minimum absolute atomic E-state index is 0.183. The lowest BCUT2D eigenvalue weighted by Crippen LogP contribution is -2.44. The number of piperidine rings is 1. The highest BCUT2D eigenvalue weighted by atomic mass is 32.2. The fourth-order valence-electron chi connectivity index (χ4n) is 3.11. The number of hydrogen-bond acceptors (Lipinski definition) is 6. The van der Waals surface area contributed by atoms with E-state index in [1.807, 2.05) is 0 Å². The van der Waals surface area contributed by atoms with Crippen molar-refractivity contribution in [2.45, 2.75) is 19.3 Å². The molecule has 1 aromatic rings. The van der Waals surface area contributed by atoms with Gasteiger partial charge in [0, 0.05) is 18.7 Å². The van der Waals surface area contributed by atoms with Crippen LogP contribution >= 0.6 is 11.8 Å². The number of carbonyl (C=O) groups excluding carboxylic acids is 3. The van der Waals surface area contributed by atoms with Gasteiger partial charge >= 0.3 is 0 Å². The van der Waals surface area contributed by atoms with Gasteiger partial charge in [-0.05, 0) is 55.3 Å². The highest BCUT2D eigenvalue weighted by Crippen LogP contribution is 2.35. The molecule has 8 heteroatoms. The predicted molar refractivity (Wildman–Crippen MR) is 103 cm³/mol. The molecule has 0 aromatic heterocycles. The second-order valence-corrected chi connectivity index (χ2v) is 7.31. The summed E-state index contributed by atoms with van der Waals surface area (Å²) in [6.45, 7) is 1.16. The van der Waals surface area contributed by atoms with E-state index < -0.39 is 11.1 Å². The van der Waals surface area contributed by atoms with Crippen LogP contribution in [0.15, 0.2) is 23.1 Å². The standard InChI is InChI=1S/C19H22N2O5S/c1-25-14-6-7-15(26-2)13(10-14)11-16-18(23)21(19(24)27-16)12-17(22)20-8-4-3-5-9-20/h6-7,10-11H,3-5,8-9,12H2,1-2H3/b16-11-. The SMILES string of the molecule is COc1ccc(OC)c(/C=C2\SC(=O)N(CC(=O)N3CCCCC3)C2=O)c1. The normalized spacial score (nSPS) is 19.0. The van der Waals surface area contributed by atoms with Crippen LogP contribution in [0.25, 0.3) is 6.08 Å². The van der Waals surface area contributed by atoms with Gasteiger partial charge in [0.15, 0.2) is 0 Å². The van der Waals surface area contributed by atoms with Gasteiger partial charge in [-0.25, -0.2) is 0 Å². The fourth-order valence-corrected chi connectivity index (χ4v) is 3.94. The lowest BCUT2D eigenvalue weighted by molar-refractivity contribution is -0.136. The molecule has 0 saturated carbocycles. The first-order chi connectivity index (χ1) is 13.0. The first-order valence-corrected chi connectivity index (χ1v) is 9.60. The average Bonchev–Trinajstić information content (AvgIpc) is 2.95. The minimum atomic E-state index is -0.458. The maximum Gasteiger partial charge on any atom is 0.294 e. The van der Waals surface area contributed by atoms with Crippen molar-refractivity contribution in [3.05, 3.63) is 28.7 Å². The van der Waals surface area contributed by atoms with Crippen molar-refractivity contribution in [1.29, 1.82) is 0 Å². The summed E-state index contributed by atoms with van der Waals surface area (Å²) < 4.78 is 10.5. The summed E-state index contributed by atoms with van der Waals surface area (Å²) >= 11 is 0.829. The third-order valence-electron chi connectivity index (χ3n) is 4.60. The van der Waals surface area contributed by atoms with Gasteiger partial charge in [-0.15, -0.1) is 0 Å². The molecule has 2 aliphatic rings. The lowest BCUT2D eigenvalue weighted by atomic mass is 10.1.